The lowest BCUT2D eigenvalue weighted by molar-refractivity contribution is -0.115. The van der Waals surface area contributed by atoms with Crippen molar-refractivity contribution in [2.75, 3.05) is 43.0 Å². The molecule has 0 bridgehead atoms. The molecule has 1 spiro atoms. The molecule has 0 atom stereocenters. The number of nitrogens with zero attached hydrogens (tertiary/aromatic N) is 5. The molecule has 1 aromatic heterocycles. The van der Waals surface area contributed by atoms with Crippen molar-refractivity contribution in [3.8, 4) is 0 Å². The van der Waals surface area contributed by atoms with Crippen molar-refractivity contribution in [1.82, 2.24) is 19.6 Å². The van der Waals surface area contributed by atoms with E-state index in [-0.39, 0.29) is 10.3 Å². The van der Waals surface area contributed by atoms with Gasteiger partial charge in [-0.3, -0.25) is 14.9 Å². The number of anilines is 3. The van der Waals surface area contributed by atoms with Crippen molar-refractivity contribution in [3.05, 3.63) is 77.3 Å². The van der Waals surface area contributed by atoms with E-state index in [1.807, 2.05) is 47.2 Å². The van der Waals surface area contributed by atoms with Crippen molar-refractivity contribution in [2.24, 2.45) is 5.41 Å². The van der Waals surface area contributed by atoms with Crippen molar-refractivity contribution in [1.29, 1.82) is 0 Å². The molecular formula is C26H24N6O4S2. The summed E-state index contributed by atoms with van der Waals surface area (Å²) < 4.78 is 27.4. The van der Waals surface area contributed by atoms with E-state index in [0.717, 1.165) is 17.4 Å². The minimum atomic E-state index is -3.51. The van der Waals surface area contributed by atoms with Crippen molar-refractivity contribution >= 4 is 56.5 Å². The summed E-state index contributed by atoms with van der Waals surface area (Å²) in [7, 11) is -1.61. The molecule has 1 N–H and O–H groups in total. The molecule has 4 heterocycles. The number of amides is 2. The summed E-state index contributed by atoms with van der Waals surface area (Å²) in [5.74, 6) is 0.669. The van der Waals surface area contributed by atoms with Gasteiger partial charge in [-0.1, -0.05) is 36.4 Å². The average Bonchev–Trinajstić information content (AvgIpc) is 3.18. The van der Waals surface area contributed by atoms with Crippen LogP contribution in [-0.2, 0) is 14.8 Å². The number of imide groups is 1. The number of hydrogen-bond donors (Lipinski definition) is 1. The molecule has 2 aromatic carbocycles. The summed E-state index contributed by atoms with van der Waals surface area (Å²) in [4.78, 5) is 37.7. The van der Waals surface area contributed by atoms with Crippen LogP contribution in [0, 0.1) is 5.41 Å². The zero-order valence-corrected chi connectivity index (χ0v) is 22.1. The molecule has 3 saturated heterocycles. The Balaban J connectivity index is 1.24. The summed E-state index contributed by atoms with van der Waals surface area (Å²) >= 11 is 0.838. The van der Waals surface area contributed by atoms with Gasteiger partial charge in [0.25, 0.3) is 11.1 Å². The molecule has 12 heteroatoms. The van der Waals surface area contributed by atoms with E-state index in [2.05, 4.69) is 10.3 Å². The lowest BCUT2D eigenvalue weighted by atomic mass is 9.74. The molecule has 2 amide bonds. The van der Waals surface area contributed by atoms with Crippen LogP contribution in [0.25, 0.3) is 6.08 Å². The van der Waals surface area contributed by atoms with Gasteiger partial charge >= 0.3 is 0 Å². The number of hydrogen-bond acceptors (Lipinski definition) is 9. The number of thioether (sulfide) groups is 1. The minimum Gasteiger partial charge on any atom is -0.339 e. The van der Waals surface area contributed by atoms with Gasteiger partial charge in [-0.25, -0.2) is 13.4 Å². The Kier molecular flexibility index (Phi) is 5.97. The Labute approximate surface area is 224 Å². The van der Waals surface area contributed by atoms with E-state index >= 15 is 0 Å². The van der Waals surface area contributed by atoms with Gasteiger partial charge in [0.05, 0.1) is 15.5 Å². The number of para-hydroxylation sites is 1. The summed E-state index contributed by atoms with van der Waals surface area (Å²) in [5.41, 5.74) is 1.29. The highest BCUT2D eigenvalue weighted by atomic mass is 32.2. The Morgan fingerprint density at radius 1 is 0.974 bits per heavy atom. The molecule has 3 aromatic rings. The monoisotopic (exact) mass is 548 g/mol. The number of benzene rings is 2. The summed E-state index contributed by atoms with van der Waals surface area (Å²) in [6.07, 6.45) is 1.59. The van der Waals surface area contributed by atoms with Crippen molar-refractivity contribution in [2.45, 2.75) is 4.90 Å². The number of sulfonamides is 1. The second-order valence-corrected chi connectivity index (χ2v) is 12.6. The molecule has 3 fully saturated rings. The maximum absolute atomic E-state index is 12.9. The molecule has 0 saturated carbocycles. The van der Waals surface area contributed by atoms with Gasteiger partial charge < -0.3 is 9.80 Å². The van der Waals surface area contributed by atoms with Gasteiger partial charge in [0.2, 0.25) is 16.0 Å². The van der Waals surface area contributed by atoms with Gasteiger partial charge in [-0.15, -0.1) is 0 Å². The third-order valence-electron chi connectivity index (χ3n) is 6.87. The number of aromatic nitrogens is 2. The van der Waals surface area contributed by atoms with Gasteiger partial charge in [-0.05, 0) is 42.1 Å². The van der Waals surface area contributed by atoms with Crippen LogP contribution in [0.2, 0.25) is 0 Å². The summed E-state index contributed by atoms with van der Waals surface area (Å²) in [6, 6.07) is 20.0. The van der Waals surface area contributed by atoms with Crippen LogP contribution in [0.4, 0.5) is 22.2 Å². The van der Waals surface area contributed by atoms with Crippen LogP contribution in [0.15, 0.2) is 76.5 Å². The van der Waals surface area contributed by atoms with Crippen LogP contribution >= 0.6 is 11.8 Å². The first-order chi connectivity index (χ1) is 18.2. The molecule has 10 nitrogen and oxygen atoms in total. The van der Waals surface area contributed by atoms with Gasteiger partial charge in [0, 0.05) is 50.4 Å². The number of rotatable bonds is 6. The Morgan fingerprint density at radius 2 is 1.63 bits per heavy atom. The van der Waals surface area contributed by atoms with E-state index in [4.69, 9.17) is 4.98 Å². The normalized spacial score (nSPS) is 19.8. The zero-order chi connectivity index (χ0) is 26.5. The predicted molar refractivity (Wildman–Crippen MR) is 145 cm³/mol. The Bertz CT molecular complexity index is 1550. The fraction of sp³-hybridized carbons (Fsp3) is 0.231. The molecular weight excluding hydrogens is 524 g/mol. The highest BCUT2D eigenvalue weighted by Gasteiger charge is 2.56. The number of nitrogens with one attached hydrogen (secondary N) is 1. The lowest BCUT2D eigenvalue weighted by Crippen LogP contribution is -2.73. The van der Waals surface area contributed by atoms with Crippen LogP contribution in [-0.4, -0.2) is 67.1 Å². The van der Waals surface area contributed by atoms with E-state index in [1.165, 1.54) is 4.31 Å². The molecule has 3 aliphatic heterocycles. The Hall–Kier alpha value is -3.74. The van der Waals surface area contributed by atoms with Crippen LogP contribution < -0.4 is 15.1 Å². The Morgan fingerprint density at radius 3 is 2.26 bits per heavy atom. The third-order valence-corrected chi connectivity index (χ3v) is 9.49. The maximum Gasteiger partial charge on any atom is 0.290 e. The van der Waals surface area contributed by atoms with Crippen LogP contribution in [0.5, 0.6) is 0 Å². The van der Waals surface area contributed by atoms with E-state index in [9.17, 15) is 18.0 Å². The summed E-state index contributed by atoms with van der Waals surface area (Å²) in [6.45, 7) is 2.13. The lowest BCUT2D eigenvalue weighted by Gasteiger charge is -2.59. The van der Waals surface area contributed by atoms with Crippen molar-refractivity contribution in [3.63, 3.8) is 0 Å². The number of carbonyl (C=O) groups excluding carboxylic acids is 2. The molecule has 3 aliphatic rings. The molecule has 194 valence electrons. The molecule has 0 aliphatic carbocycles. The largest absolute Gasteiger partial charge is 0.339 e. The molecule has 6 rings (SSSR count). The number of carbonyl (C=O) groups is 2. The van der Waals surface area contributed by atoms with Gasteiger partial charge in [-0.2, -0.15) is 9.29 Å². The molecule has 38 heavy (non-hydrogen) atoms. The zero-order valence-electron chi connectivity index (χ0n) is 20.4. The average molecular weight is 549 g/mol. The molecule has 0 radical (unpaired) electrons. The SMILES string of the molecule is CN(c1ccccc1)c1cc(/C=C2/SC(=O)NC2=O)nc(N2CC3(C2)CN(S(=O)(=O)c2ccccc2)C3)n1. The minimum absolute atomic E-state index is 0.140. The third kappa shape index (κ3) is 4.44. The maximum atomic E-state index is 12.9. The van der Waals surface area contributed by atoms with E-state index in [0.29, 0.717) is 48.5 Å². The second kappa shape index (κ2) is 9.22. The first-order valence-corrected chi connectivity index (χ1v) is 14.2. The highest BCUT2D eigenvalue weighted by molar-refractivity contribution is 8.18. The van der Waals surface area contributed by atoms with Gasteiger partial charge in [0.1, 0.15) is 5.82 Å². The quantitative estimate of drug-likeness (QED) is 0.464. The standard InChI is InChI=1S/C26H24N6O4S2/c1-30(19-8-4-2-5-9-19)22-13-18(12-21-23(33)29-25(34)37-21)27-24(28-22)31-14-26(15-31)16-32(17-26)38(35,36)20-10-6-3-7-11-20/h2-13H,14-17H2,1H3,(H,29,33,34)/b21-12+. The molecule has 0 unspecified atom stereocenters. The summed E-state index contributed by atoms with van der Waals surface area (Å²) in [5, 5.41) is 1.85. The fourth-order valence-corrected chi connectivity index (χ4v) is 7.24. The topological polar surface area (TPSA) is 116 Å². The van der Waals surface area contributed by atoms with E-state index < -0.39 is 21.2 Å². The fourth-order valence-electron chi connectivity index (χ4n) is 4.88. The second-order valence-electron chi connectivity index (χ2n) is 9.64. The predicted octanol–water partition coefficient (Wildman–Crippen LogP) is 3.08. The first-order valence-electron chi connectivity index (χ1n) is 12.0. The van der Waals surface area contributed by atoms with Crippen LogP contribution in [0.3, 0.4) is 0 Å². The highest BCUT2D eigenvalue weighted by Crippen LogP contribution is 2.43. The first kappa shape index (κ1) is 24.6. The van der Waals surface area contributed by atoms with E-state index in [1.54, 1.807) is 42.5 Å². The van der Waals surface area contributed by atoms with Crippen molar-refractivity contribution < 1.29 is 18.0 Å². The van der Waals surface area contributed by atoms with Gasteiger partial charge in [0.15, 0.2) is 0 Å². The van der Waals surface area contributed by atoms with Crippen LogP contribution in [0.1, 0.15) is 5.69 Å². The smallest absolute Gasteiger partial charge is 0.290 e.